The molecule has 2 unspecified atom stereocenters. The zero-order valence-electron chi connectivity index (χ0n) is 17.3. The van der Waals surface area contributed by atoms with Crippen molar-refractivity contribution in [1.29, 1.82) is 0 Å². The topological polar surface area (TPSA) is 96.5 Å². The second-order valence-corrected chi connectivity index (χ2v) is 11.4. The van der Waals surface area contributed by atoms with Crippen LogP contribution >= 0.6 is 11.6 Å². The molecule has 8 heteroatoms. The summed E-state index contributed by atoms with van der Waals surface area (Å²) in [6.45, 7) is 1.83. The number of piperidine rings is 1. The van der Waals surface area contributed by atoms with Gasteiger partial charge in [0.25, 0.3) is 5.91 Å². The number of hydrogen-bond acceptors (Lipinski definition) is 5. The number of nitrogens with one attached hydrogen (secondary N) is 3. The summed E-state index contributed by atoms with van der Waals surface area (Å²) in [6, 6.07) is 5.84. The van der Waals surface area contributed by atoms with Gasteiger partial charge in [-0.2, -0.15) is 0 Å². The first-order valence-electron chi connectivity index (χ1n) is 11.1. The van der Waals surface area contributed by atoms with Crippen molar-refractivity contribution in [1.82, 2.24) is 10.8 Å². The van der Waals surface area contributed by atoms with Crippen molar-refractivity contribution in [3.8, 4) is 0 Å². The average Bonchev–Trinajstić information content (AvgIpc) is 3.15. The molecule has 1 aliphatic heterocycles. The maximum Gasteiger partial charge on any atom is 0.299 e. The number of amides is 1. The smallest absolute Gasteiger partial charge is 0.299 e. The van der Waals surface area contributed by atoms with E-state index < -0.39 is 21.8 Å². The normalized spacial score (nSPS) is 27.7. The number of anilines is 1. The van der Waals surface area contributed by atoms with Gasteiger partial charge in [-0.05, 0) is 62.7 Å². The Morgan fingerprint density at radius 3 is 2.57 bits per heavy atom. The second kappa shape index (κ2) is 9.25. The van der Waals surface area contributed by atoms with Gasteiger partial charge in [-0.25, -0.2) is 5.48 Å². The molecule has 6 nitrogen and oxygen atoms in total. The lowest BCUT2D eigenvalue weighted by molar-refractivity contribution is -0.132. The van der Waals surface area contributed by atoms with Gasteiger partial charge in [-0.1, -0.05) is 30.9 Å². The molecule has 4 rings (SSSR count). The molecule has 1 spiro atoms. The summed E-state index contributed by atoms with van der Waals surface area (Å²) in [5.41, 5.74) is 2.67. The average molecular weight is 454 g/mol. The van der Waals surface area contributed by atoms with E-state index in [4.69, 9.17) is 11.6 Å². The summed E-state index contributed by atoms with van der Waals surface area (Å²) in [6.07, 6.45) is 9.85. The predicted molar refractivity (Wildman–Crippen MR) is 119 cm³/mol. The highest BCUT2D eigenvalue weighted by Gasteiger charge is 2.60. The van der Waals surface area contributed by atoms with Crippen molar-refractivity contribution in [3.05, 3.63) is 23.2 Å². The second-order valence-electron chi connectivity index (χ2n) is 9.25. The molecule has 1 amide bonds. The fraction of sp³-hybridized carbons (Fsp3) is 0.682. The molecule has 1 heterocycles. The van der Waals surface area contributed by atoms with Crippen LogP contribution in [0.25, 0.3) is 0 Å². The molecule has 0 radical (unpaired) electrons. The molecule has 0 aromatic heterocycles. The van der Waals surface area contributed by atoms with Crippen molar-refractivity contribution < 1.29 is 14.6 Å². The first-order valence-corrected chi connectivity index (χ1v) is 12.6. The molecule has 1 saturated heterocycles. The number of carbonyl (C=O) groups is 1. The van der Waals surface area contributed by atoms with Crippen molar-refractivity contribution in [3.63, 3.8) is 0 Å². The van der Waals surface area contributed by atoms with Crippen LogP contribution in [-0.2, 0) is 16.0 Å². The number of halogens is 1. The third-order valence-corrected chi connectivity index (χ3v) is 9.61. The van der Waals surface area contributed by atoms with E-state index in [1.54, 1.807) is 6.07 Å². The standard InChI is InChI=1S/C22H32ClN3O3S/c23-18-14-17(6-7-19(18)25-16-4-2-1-3-5-16)30(29)22(20(27)26-28)9-8-21(15-22)10-12-24-13-11-21/h6-7,14,16,24-25,28H,1-5,8-13,15H2,(H,26,27). The highest BCUT2D eigenvalue weighted by atomic mass is 35.5. The van der Waals surface area contributed by atoms with Gasteiger partial charge in [0.15, 0.2) is 4.90 Å². The van der Waals surface area contributed by atoms with E-state index in [0.29, 0.717) is 28.8 Å². The molecule has 1 aromatic rings. The van der Waals surface area contributed by atoms with E-state index in [1.807, 2.05) is 17.6 Å². The van der Waals surface area contributed by atoms with Gasteiger partial charge in [0.2, 0.25) is 4.75 Å². The van der Waals surface area contributed by atoms with E-state index in [1.165, 1.54) is 19.3 Å². The molecule has 2 saturated carbocycles. The van der Waals surface area contributed by atoms with E-state index in [-0.39, 0.29) is 5.41 Å². The van der Waals surface area contributed by atoms with Crippen LogP contribution in [-0.4, -0.2) is 39.5 Å². The van der Waals surface area contributed by atoms with Gasteiger partial charge in [0, 0.05) is 36.1 Å². The summed E-state index contributed by atoms with van der Waals surface area (Å²) >= 11 is 4.94. The molecular weight excluding hydrogens is 422 g/mol. The first-order chi connectivity index (χ1) is 14.5. The van der Waals surface area contributed by atoms with Gasteiger partial charge in [-0.15, -0.1) is 0 Å². The number of rotatable bonds is 5. The summed E-state index contributed by atoms with van der Waals surface area (Å²) in [5.74, 6) is -0.545. The van der Waals surface area contributed by atoms with Crippen molar-refractivity contribution in [2.75, 3.05) is 18.4 Å². The van der Waals surface area contributed by atoms with E-state index >= 15 is 0 Å². The molecule has 0 bridgehead atoms. The Kier molecular flexibility index (Phi) is 6.85. The Balaban J connectivity index is 1.55. The quantitative estimate of drug-likeness (QED) is 0.307. The third-order valence-electron chi connectivity index (χ3n) is 7.37. The van der Waals surface area contributed by atoms with Crippen molar-refractivity contribution >= 4 is 34.4 Å². The Hall–Kier alpha value is -0.990. The van der Waals surface area contributed by atoms with Crippen LogP contribution in [0.15, 0.2) is 23.1 Å². The maximum atomic E-state index is 13.7. The van der Waals surface area contributed by atoms with Crippen LogP contribution in [0, 0.1) is 5.41 Å². The fourth-order valence-electron chi connectivity index (χ4n) is 5.59. The van der Waals surface area contributed by atoms with Gasteiger partial charge in [0.05, 0.1) is 10.7 Å². The van der Waals surface area contributed by atoms with E-state index in [9.17, 15) is 14.6 Å². The van der Waals surface area contributed by atoms with Crippen molar-refractivity contribution in [2.45, 2.75) is 79.9 Å². The maximum absolute atomic E-state index is 13.7. The largest absolute Gasteiger partial charge is 0.611 e. The van der Waals surface area contributed by atoms with Crippen molar-refractivity contribution in [2.24, 2.45) is 5.41 Å². The monoisotopic (exact) mass is 453 g/mol. The van der Waals surface area contributed by atoms with Crippen LogP contribution in [0.3, 0.4) is 0 Å². The minimum atomic E-state index is -1.60. The van der Waals surface area contributed by atoms with E-state index in [0.717, 1.165) is 50.9 Å². The lowest BCUT2D eigenvalue weighted by Gasteiger charge is -2.36. The van der Waals surface area contributed by atoms with Crippen LogP contribution in [0.4, 0.5) is 5.69 Å². The molecule has 1 aromatic carbocycles. The van der Waals surface area contributed by atoms with Crippen LogP contribution in [0.1, 0.15) is 64.2 Å². The fourth-order valence-corrected chi connectivity index (χ4v) is 7.70. The lowest BCUT2D eigenvalue weighted by atomic mass is 9.77. The minimum Gasteiger partial charge on any atom is -0.611 e. The van der Waals surface area contributed by atoms with Gasteiger partial charge in [-0.3, -0.25) is 10.0 Å². The van der Waals surface area contributed by atoms with Gasteiger partial charge >= 0.3 is 0 Å². The molecule has 2 aliphatic carbocycles. The van der Waals surface area contributed by atoms with Crippen LogP contribution in [0.5, 0.6) is 0 Å². The Morgan fingerprint density at radius 1 is 1.17 bits per heavy atom. The van der Waals surface area contributed by atoms with Gasteiger partial charge in [0.1, 0.15) is 0 Å². The summed E-state index contributed by atoms with van der Waals surface area (Å²) in [4.78, 5) is 13.3. The zero-order valence-corrected chi connectivity index (χ0v) is 18.9. The van der Waals surface area contributed by atoms with Crippen LogP contribution in [0.2, 0.25) is 5.02 Å². The SMILES string of the molecule is O=C(NO)C1([S+]([O-])c2ccc(NC3CCCCC3)c(Cl)c2)CCC2(CCNCC2)C1. The summed E-state index contributed by atoms with van der Waals surface area (Å²) in [5, 5.41) is 16.9. The number of hydroxylamine groups is 1. The Morgan fingerprint density at radius 2 is 1.90 bits per heavy atom. The van der Waals surface area contributed by atoms with Gasteiger partial charge < -0.3 is 15.2 Å². The first kappa shape index (κ1) is 22.2. The molecule has 3 aliphatic rings. The number of benzene rings is 1. The highest BCUT2D eigenvalue weighted by Crippen LogP contribution is 2.54. The summed E-state index contributed by atoms with van der Waals surface area (Å²) in [7, 11) is 0. The molecule has 4 N–H and O–H groups in total. The number of carbonyl (C=O) groups excluding carboxylic acids is 1. The van der Waals surface area contributed by atoms with E-state index in [2.05, 4.69) is 10.6 Å². The minimum absolute atomic E-state index is 0.0136. The Bertz CT molecular complexity index is 768. The molecule has 166 valence electrons. The van der Waals surface area contributed by atoms with Crippen LogP contribution < -0.4 is 16.1 Å². The summed E-state index contributed by atoms with van der Waals surface area (Å²) < 4.78 is 12.6. The molecule has 3 fully saturated rings. The number of hydrogen-bond donors (Lipinski definition) is 4. The third kappa shape index (κ3) is 4.32. The molecule has 2 atom stereocenters. The zero-order chi connectivity index (χ0) is 21.2. The highest BCUT2D eigenvalue weighted by molar-refractivity contribution is 7.93. The lowest BCUT2D eigenvalue weighted by Crippen LogP contribution is -2.51. The Labute approximate surface area is 186 Å². The molecule has 30 heavy (non-hydrogen) atoms. The predicted octanol–water partition coefficient (Wildman–Crippen LogP) is 3.99. The molecular formula is C22H32ClN3O3S.